The Labute approximate surface area is 183 Å². The van der Waals surface area contributed by atoms with Gasteiger partial charge in [0.1, 0.15) is 11.6 Å². The first-order valence-electron chi connectivity index (χ1n) is 9.71. The van der Waals surface area contributed by atoms with Crippen LogP contribution in [0.1, 0.15) is 22.6 Å². The number of aromatic nitrogens is 4. The smallest absolute Gasteiger partial charge is 0.405 e. The summed E-state index contributed by atoms with van der Waals surface area (Å²) >= 11 is 0. The van der Waals surface area contributed by atoms with Gasteiger partial charge in [-0.15, -0.1) is 13.2 Å². The van der Waals surface area contributed by atoms with E-state index in [-0.39, 0.29) is 24.7 Å². The van der Waals surface area contributed by atoms with Crippen LogP contribution in [0, 0.1) is 20.8 Å². The number of para-hydroxylation sites is 1. The zero-order chi connectivity index (χ0) is 23.5. The van der Waals surface area contributed by atoms with Gasteiger partial charge in [0, 0.05) is 29.6 Å². The highest BCUT2D eigenvalue weighted by Gasteiger charge is 2.32. The molecule has 11 heteroatoms. The number of nitrogens with zero attached hydrogens (tertiary/aromatic N) is 5. The number of nitrogens with one attached hydrogen (secondary N) is 1. The monoisotopic (exact) mass is 448 g/mol. The summed E-state index contributed by atoms with van der Waals surface area (Å²) in [6, 6.07) is 9.33. The summed E-state index contributed by atoms with van der Waals surface area (Å²) in [5, 5.41) is 7.12. The summed E-state index contributed by atoms with van der Waals surface area (Å²) in [4.78, 5) is 22.9. The molecule has 3 aromatic rings. The molecule has 0 saturated heterocycles. The van der Waals surface area contributed by atoms with Crippen molar-refractivity contribution >= 4 is 11.7 Å². The lowest BCUT2D eigenvalue weighted by molar-refractivity contribution is -0.275. The van der Waals surface area contributed by atoms with Crippen LogP contribution >= 0.6 is 0 Å². The summed E-state index contributed by atoms with van der Waals surface area (Å²) in [6.07, 6.45) is -4.79. The number of benzene rings is 1. The van der Waals surface area contributed by atoms with Gasteiger partial charge in [0.25, 0.3) is 5.95 Å². The highest BCUT2D eigenvalue weighted by Crippen LogP contribution is 2.27. The Morgan fingerprint density at radius 3 is 2.41 bits per heavy atom. The molecule has 1 aromatic carbocycles. The molecule has 0 aliphatic carbocycles. The van der Waals surface area contributed by atoms with E-state index in [1.165, 1.54) is 22.9 Å². The molecule has 8 nitrogen and oxygen atoms in total. The van der Waals surface area contributed by atoms with E-state index in [0.29, 0.717) is 23.0 Å². The van der Waals surface area contributed by atoms with Crippen LogP contribution in [0.4, 0.5) is 19.0 Å². The highest BCUT2D eigenvalue weighted by molar-refractivity contribution is 5.91. The first-order valence-corrected chi connectivity index (χ1v) is 9.71. The number of hydrogen-bond acceptors (Lipinski definition) is 6. The molecule has 1 amide bonds. The van der Waals surface area contributed by atoms with Crippen LogP contribution in [0.3, 0.4) is 0 Å². The number of carbonyl (C=O) groups is 1. The quantitative estimate of drug-likeness (QED) is 0.595. The Morgan fingerprint density at radius 2 is 1.75 bits per heavy atom. The van der Waals surface area contributed by atoms with E-state index in [9.17, 15) is 18.0 Å². The molecule has 2 heterocycles. The third-order valence-electron chi connectivity index (χ3n) is 4.31. The van der Waals surface area contributed by atoms with Crippen LogP contribution in [-0.4, -0.2) is 50.5 Å². The normalized spacial score (nSPS) is 11.6. The highest BCUT2D eigenvalue weighted by atomic mass is 19.4. The number of rotatable bonds is 7. The van der Waals surface area contributed by atoms with E-state index in [0.717, 1.165) is 11.4 Å². The van der Waals surface area contributed by atoms with Gasteiger partial charge < -0.3 is 10.1 Å². The molecule has 2 aromatic heterocycles. The number of hydrogen-bond donors (Lipinski definition) is 1. The van der Waals surface area contributed by atoms with Crippen molar-refractivity contribution in [2.75, 3.05) is 18.9 Å². The maximum Gasteiger partial charge on any atom is 0.573 e. The topological polar surface area (TPSA) is 85.2 Å². The van der Waals surface area contributed by atoms with Crippen molar-refractivity contribution in [2.24, 2.45) is 0 Å². The van der Waals surface area contributed by atoms with Crippen LogP contribution in [-0.2, 0) is 11.3 Å². The average molecular weight is 448 g/mol. The fourth-order valence-corrected chi connectivity index (χ4v) is 3.18. The van der Waals surface area contributed by atoms with E-state index in [4.69, 9.17) is 0 Å². The fraction of sp³-hybridized carbons (Fsp3) is 0.333. The Morgan fingerprint density at radius 1 is 1.09 bits per heavy atom. The van der Waals surface area contributed by atoms with Crippen molar-refractivity contribution < 1.29 is 22.7 Å². The standard InChI is InChI=1S/C21H23F3N6O2/c1-13-9-14(2)26-20(25-13)30-18(10-15(3)28-30)27-19(31)12-29(4)11-16-7-5-6-8-17(16)32-21(22,23)24/h5-10H,11-12H2,1-4H3,(H,27,31). The molecule has 0 aliphatic heterocycles. The molecule has 170 valence electrons. The van der Waals surface area contributed by atoms with Crippen molar-refractivity contribution in [3.8, 4) is 11.7 Å². The minimum absolute atomic E-state index is 0.0711. The van der Waals surface area contributed by atoms with Crippen LogP contribution in [0.15, 0.2) is 36.4 Å². The van der Waals surface area contributed by atoms with Crippen LogP contribution < -0.4 is 10.1 Å². The van der Waals surface area contributed by atoms with Gasteiger partial charge in [-0.05, 0) is 40.0 Å². The van der Waals surface area contributed by atoms with Crippen molar-refractivity contribution in [2.45, 2.75) is 33.7 Å². The van der Waals surface area contributed by atoms with Gasteiger partial charge in [-0.1, -0.05) is 18.2 Å². The van der Waals surface area contributed by atoms with Gasteiger partial charge in [-0.3, -0.25) is 9.69 Å². The Balaban J connectivity index is 1.70. The second-order valence-electron chi connectivity index (χ2n) is 7.41. The first-order chi connectivity index (χ1) is 15.0. The van der Waals surface area contributed by atoms with Crippen LogP contribution in [0.25, 0.3) is 5.95 Å². The molecule has 0 spiro atoms. The zero-order valence-corrected chi connectivity index (χ0v) is 18.1. The minimum atomic E-state index is -4.79. The molecule has 0 radical (unpaired) electrons. The summed E-state index contributed by atoms with van der Waals surface area (Å²) in [6.45, 7) is 5.46. The maximum absolute atomic E-state index is 12.6. The predicted octanol–water partition coefficient (Wildman–Crippen LogP) is 3.56. The van der Waals surface area contributed by atoms with E-state index in [1.807, 2.05) is 19.9 Å². The Hall–Kier alpha value is -3.47. The van der Waals surface area contributed by atoms with Gasteiger partial charge in [0.15, 0.2) is 0 Å². The van der Waals surface area contributed by atoms with Crippen LogP contribution in [0.2, 0.25) is 0 Å². The van der Waals surface area contributed by atoms with Crippen molar-refractivity contribution in [1.82, 2.24) is 24.6 Å². The molecule has 0 fully saturated rings. The number of anilines is 1. The number of alkyl halides is 3. The minimum Gasteiger partial charge on any atom is -0.405 e. The van der Waals surface area contributed by atoms with Crippen molar-refractivity contribution in [3.63, 3.8) is 0 Å². The second kappa shape index (κ2) is 9.35. The number of ether oxygens (including phenoxy) is 1. The SMILES string of the molecule is Cc1cc(C)nc(-n2nc(C)cc2NC(=O)CN(C)Cc2ccccc2OC(F)(F)F)n1. The zero-order valence-electron chi connectivity index (χ0n) is 18.1. The largest absolute Gasteiger partial charge is 0.573 e. The lowest BCUT2D eigenvalue weighted by Gasteiger charge is -2.19. The number of halogens is 3. The molecular formula is C21H23F3N6O2. The number of carbonyl (C=O) groups excluding carboxylic acids is 1. The van der Waals surface area contributed by atoms with Gasteiger partial charge >= 0.3 is 6.36 Å². The molecule has 1 N–H and O–H groups in total. The first kappa shape index (κ1) is 23.2. The lowest BCUT2D eigenvalue weighted by Crippen LogP contribution is -2.31. The third kappa shape index (κ3) is 6.27. The van der Waals surface area contributed by atoms with E-state index in [2.05, 4.69) is 25.1 Å². The van der Waals surface area contributed by atoms with E-state index >= 15 is 0 Å². The Kier molecular flexibility index (Phi) is 6.78. The summed E-state index contributed by atoms with van der Waals surface area (Å²) in [7, 11) is 1.62. The Bertz CT molecular complexity index is 1090. The third-order valence-corrected chi connectivity index (χ3v) is 4.31. The maximum atomic E-state index is 12.6. The molecule has 0 bridgehead atoms. The number of amides is 1. The molecule has 0 unspecified atom stereocenters. The van der Waals surface area contributed by atoms with Gasteiger partial charge in [0.05, 0.1) is 12.2 Å². The van der Waals surface area contributed by atoms with Crippen LogP contribution in [0.5, 0.6) is 5.75 Å². The van der Waals surface area contributed by atoms with Crippen molar-refractivity contribution in [1.29, 1.82) is 0 Å². The number of likely N-dealkylation sites (N-methyl/N-ethyl adjacent to an activating group) is 1. The van der Waals surface area contributed by atoms with Gasteiger partial charge in [-0.25, -0.2) is 9.97 Å². The van der Waals surface area contributed by atoms with Gasteiger partial charge in [-0.2, -0.15) is 9.78 Å². The molecule has 0 atom stereocenters. The van der Waals surface area contributed by atoms with E-state index < -0.39 is 6.36 Å². The van der Waals surface area contributed by atoms with Gasteiger partial charge in [0.2, 0.25) is 5.91 Å². The summed E-state index contributed by atoms with van der Waals surface area (Å²) in [5.74, 6) is 0.0596. The summed E-state index contributed by atoms with van der Waals surface area (Å²) in [5.41, 5.74) is 2.49. The van der Waals surface area contributed by atoms with E-state index in [1.54, 1.807) is 31.0 Å². The molecule has 3 rings (SSSR count). The average Bonchev–Trinajstić information content (AvgIpc) is 3.01. The molecule has 0 saturated carbocycles. The predicted molar refractivity (Wildman–Crippen MR) is 111 cm³/mol. The molecular weight excluding hydrogens is 425 g/mol. The summed E-state index contributed by atoms with van der Waals surface area (Å²) < 4.78 is 43.4. The number of aryl methyl sites for hydroxylation is 3. The molecule has 32 heavy (non-hydrogen) atoms. The fourth-order valence-electron chi connectivity index (χ4n) is 3.18. The second-order valence-corrected chi connectivity index (χ2v) is 7.41. The molecule has 0 aliphatic rings. The lowest BCUT2D eigenvalue weighted by atomic mass is 10.2. The van der Waals surface area contributed by atoms with Crippen molar-refractivity contribution in [3.05, 3.63) is 59.0 Å².